The van der Waals surface area contributed by atoms with Crippen molar-refractivity contribution < 1.29 is 28.6 Å². The Kier molecular flexibility index (Phi) is 53.9. The Balaban J connectivity index is 4.48. The molecule has 0 heterocycles. The third kappa shape index (κ3) is 55.1. The van der Waals surface area contributed by atoms with Gasteiger partial charge in [0.15, 0.2) is 6.10 Å². The molecule has 0 spiro atoms. The van der Waals surface area contributed by atoms with Crippen LogP contribution in [0.2, 0.25) is 0 Å². The molecule has 1 atom stereocenters. The molecular formula is C63H106O6. The maximum atomic E-state index is 12.9. The summed E-state index contributed by atoms with van der Waals surface area (Å²) in [6.45, 7) is 6.46. The molecule has 0 rings (SSSR count). The van der Waals surface area contributed by atoms with Crippen molar-refractivity contribution in [1.29, 1.82) is 0 Å². The van der Waals surface area contributed by atoms with E-state index in [-0.39, 0.29) is 31.1 Å². The van der Waals surface area contributed by atoms with Crippen molar-refractivity contribution in [3.05, 3.63) is 97.2 Å². The summed E-state index contributed by atoms with van der Waals surface area (Å²) in [7, 11) is 0. The number of hydrogen-bond donors (Lipinski definition) is 0. The smallest absolute Gasteiger partial charge is 0.306 e. The molecule has 0 aromatic heterocycles. The summed E-state index contributed by atoms with van der Waals surface area (Å²) in [5, 5.41) is 0. The molecule has 0 saturated carbocycles. The van der Waals surface area contributed by atoms with E-state index in [0.717, 1.165) is 122 Å². The molecule has 0 N–H and O–H groups in total. The van der Waals surface area contributed by atoms with Crippen LogP contribution in [0.3, 0.4) is 0 Å². The van der Waals surface area contributed by atoms with E-state index in [0.29, 0.717) is 19.3 Å². The maximum Gasteiger partial charge on any atom is 0.306 e. The Hall–Kier alpha value is -3.67. The van der Waals surface area contributed by atoms with Crippen LogP contribution in [0.25, 0.3) is 0 Å². The van der Waals surface area contributed by atoms with Gasteiger partial charge in [0.1, 0.15) is 13.2 Å². The van der Waals surface area contributed by atoms with Crippen molar-refractivity contribution >= 4 is 17.9 Å². The van der Waals surface area contributed by atoms with Gasteiger partial charge < -0.3 is 14.2 Å². The lowest BCUT2D eigenvalue weighted by Gasteiger charge is -2.18. The van der Waals surface area contributed by atoms with Gasteiger partial charge in [-0.3, -0.25) is 14.4 Å². The fourth-order valence-corrected chi connectivity index (χ4v) is 7.73. The van der Waals surface area contributed by atoms with Gasteiger partial charge in [0.25, 0.3) is 0 Å². The van der Waals surface area contributed by atoms with E-state index in [1.165, 1.54) is 103 Å². The molecule has 0 aromatic carbocycles. The van der Waals surface area contributed by atoms with Gasteiger partial charge in [-0.25, -0.2) is 0 Å². The average molecular weight is 960 g/mol. The number of carbonyl (C=O) groups excluding carboxylic acids is 3. The molecule has 69 heavy (non-hydrogen) atoms. The van der Waals surface area contributed by atoms with Crippen molar-refractivity contribution in [3.8, 4) is 0 Å². The fraction of sp³-hybridized carbons (Fsp3) is 0.698. The molecule has 1 unspecified atom stereocenters. The third-order valence-corrected chi connectivity index (χ3v) is 12.0. The lowest BCUT2D eigenvalue weighted by Crippen LogP contribution is -2.30. The molecule has 0 radical (unpaired) electrons. The second-order valence-corrected chi connectivity index (χ2v) is 18.8. The number of esters is 3. The number of rotatable bonds is 51. The Morgan fingerprint density at radius 3 is 0.942 bits per heavy atom. The largest absolute Gasteiger partial charge is 0.462 e. The van der Waals surface area contributed by atoms with Crippen LogP contribution >= 0.6 is 0 Å². The predicted molar refractivity (Wildman–Crippen MR) is 297 cm³/mol. The molecule has 0 amide bonds. The van der Waals surface area contributed by atoms with E-state index >= 15 is 0 Å². The zero-order chi connectivity index (χ0) is 50.0. The van der Waals surface area contributed by atoms with Gasteiger partial charge in [0.05, 0.1) is 0 Å². The van der Waals surface area contributed by atoms with Crippen molar-refractivity contribution in [2.45, 2.75) is 271 Å². The van der Waals surface area contributed by atoms with E-state index < -0.39 is 6.10 Å². The van der Waals surface area contributed by atoms with Crippen molar-refractivity contribution in [1.82, 2.24) is 0 Å². The number of hydrogen-bond acceptors (Lipinski definition) is 6. The zero-order valence-electron chi connectivity index (χ0n) is 45.0. The minimum Gasteiger partial charge on any atom is -0.462 e. The highest BCUT2D eigenvalue weighted by Crippen LogP contribution is 2.14. The Morgan fingerprint density at radius 2 is 0.565 bits per heavy atom. The van der Waals surface area contributed by atoms with E-state index in [2.05, 4.69) is 118 Å². The van der Waals surface area contributed by atoms with E-state index in [1.807, 2.05) is 0 Å². The van der Waals surface area contributed by atoms with Gasteiger partial charge in [-0.05, 0) is 122 Å². The fourth-order valence-electron chi connectivity index (χ4n) is 7.73. The first-order chi connectivity index (χ1) is 34.0. The Labute approximate surface area is 426 Å². The number of allylic oxidation sites excluding steroid dienone is 16. The molecule has 0 saturated heterocycles. The molecule has 0 aliphatic rings. The summed E-state index contributed by atoms with van der Waals surface area (Å²) in [6, 6.07) is 0. The van der Waals surface area contributed by atoms with Crippen LogP contribution < -0.4 is 0 Å². The first-order valence-electron chi connectivity index (χ1n) is 28.7. The van der Waals surface area contributed by atoms with Gasteiger partial charge in [-0.1, -0.05) is 221 Å². The van der Waals surface area contributed by atoms with Crippen LogP contribution in [-0.2, 0) is 28.6 Å². The van der Waals surface area contributed by atoms with Crippen LogP contribution in [0.1, 0.15) is 265 Å². The SMILES string of the molecule is CC/C=C\C/C=C\C/C=C\C/C=C\C/C=C\CCCCCC(=O)OCC(COC(=O)CCCCCCC/C=C\C/C=C\CCCCC)OC(=O)CCCCCCCCC/C=C\CCCCCCCC. The Bertz CT molecular complexity index is 1380. The van der Waals surface area contributed by atoms with Crippen molar-refractivity contribution in [3.63, 3.8) is 0 Å². The first-order valence-corrected chi connectivity index (χ1v) is 28.7. The second-order valence-electron chi connectivity index (χ2n) is 18.8. The van der Waals surface area contributed by atoms with E-state index in [4.69, 9.17) is 14.2 Å². The third-order valence-electron chi connectivity index (χ3n) is 12.0. The summed E-state index contributed by atoms with van der Waals surface area (Å²) in [6.07, 6.45) is 75.3. The summed E-state index contributed by atoms with van der Waals surface area (Å²) < 4.78 is 16.8. The summed E-state index contributed by atoms with van der Waals surface area (Å²) >= 11 is 0. The molecule has 0 aromatic rings. The van der Waals surface area contributed by atoms with Crippen LogP contribution in [0, 0.1) is 0 Å². The van der Waals surface area contributed by atoms with Crippen LogP contribution in [0.15, 0.2) is 97.2 Å². The summed E-state index contributed by atoms with van der Waals surface area (Å²) in [4.78, 5) is 38.2. The van der Waals surface area contributed by atoms with E-state index in [9.17, 15) is 14.4 Å². The Morgan fingerprint density at radius 1 is 0.304 bits per heavy atom. The molecule has 6 nitrogen and oxygen atoms in total. The number of ether oxygens (including phenoxy) is 3. The first kappa shape index (κ1) is 65.3. The van der Waals surface area contributed by atoms with Crippen molar-refractivity contribution in [2.24, 2.45) is 0 Å². The second kappa shape index (κ2) is 56.9. The van der Waals surface area contributed by atoms with Gasteiger partial charge in [0.2, 0.25) is 0 Å². The quantitative estimate of drug-likeness (QED) is 0.0262. The molecular weight excluding hydrogens is 853 g/mol. The highest BCUT2D eigenvalue weighted by Gasteiger charge is 2.19. The number of unbranched alkanes of at least 4 members (excludes halogenated alkanes) is 24. The minimum atomic E-state index is -0.801. The summed E-state index contributed by atoms with van der Waals surface area (Å²) in [5.41, 5.74) is 0. The average Bonchev–Trinajstić information content (AvgIpc) is 3.35. The lowest BCUT2D eigenvalue weighted by molar-refractivity contribution is -0.167. The topological polar surface area (TPSA) is 78.9 Å². The molecule has 0 aliphatic carbocycles. The number of carbonyl (C=O) groups is 3. The van der Waals surface area contributed by atoms with Crippen LogP contribution in [0.4, 0.5) is 0 Å². The van der Waals surface area contributed by atoms with Gasteiger partial charge in [-0.2, -0.15) is 0 Å². The molecule has 0 fully saturated rings. The monoisotopic (exact) mass is 959 g/mol. The predicted octanol–water partition coefficient (Wildman–Crippen LogP) is 19.3. The lowest BCUT2D eigenvalue weighted by atomic mass is 10.1. The highest BCUT2D eigenvalue weighted by molar-refractivity contribution is 5.71. The molecule has 394 valence electrons. The summed E-state index contributed by atoms with van der Waals surface area (Å²) in [5.74, 6) is -0.945. The highest BCUT2D eigenvalue weighted by atomic mass is 16.6. The van der Waals surface area contributed by atoms with Gasteiger partial charge in [-0.15, -0.1) is 0 Å². The van der Waals surface area contributed by atoms with Gasteiger partial charge >= 0.3 is 17.9 Å². The molecule has 6 heteroatoms. The molecule has 0 aliphatic heterocycles. The maximum absolute atomic E-state index is 12.9. The minimum absolute atomic E-state index is 0.0976. The van der Waals surface area contributed by atoms with Crippen molar-refractivity contribution in [2.75, 3.05) is 13.2 Å². The molecule has 0 bridgehead atoms. The van der Waals surface area contributed by atoms with E-state index in [1.54, 1.807) is 0 Å². The zero-order valence-corrected chi connectivity index (χ0v) is 45.0. The van der Waals surface area contributed by atoms with Crippen LogP contribution in [0.5, 0.6) is 0 Å². The standard InChI is InChI=1S/C63H106O6/c1-4-7-10-13-16-19-22-25-28-30-31-33-35-38-41-44-47-50-53-56-62(65)68-59-60(58-67-61(64)55-52-49-46-43-40-37-34-27-24-21-18-15-12-9-6-3)69-63(66)57-54-51-48-45-42-39-36-32-29-26-23-20-17-14-11-8-5-2/h7,10,16,18-19,21,25-29,31,33-34,38,41,60H,4-6,8-9,11-15,17,20,22-24,30,32,35-37,39-40,42-59H2,1-3H3/b10-7-,19-16-,21-18-,28-25-,29-26-,33-31-,34-27-,41-38-. The van der Waals surface area contributed by atoms with Crippen LogP contribution in [-0.4, -0.2) is 37.2 Å². The normalized spacial score (nSPS) is 12.8. The van der Waals surface area contributed by atoms with Gasteiger partial charge in [0, 0.05) is 19.3 Å².